The van der Waals surface area contributed by atoms with E-state index in [9.17, 15) is 24.3 Å². The van der Waals surface area contributed by atoms with Gasteiger partial charge in [0.1, 0.15) is 17.4 Å². The number of piperazine rings is 1. The number of carbonyl (C=O) groups is 4. The first-order valence-electron chi connectivity index (χ1n) is 21.9. The molecule has 4 N–H and O–H groups in total. The molecule has 0 spiro atoms. The fourth-order valence-electron chi connectivity index (χ4n) is 9.47. The predicted molar refractivity (Wildman–Crippen MR) is 241 cm³/mol. The van der Waals surface area contributed by atoms with Crippen LogP contribution in [0.15, 0.2) is 78.7 Å². The summed E-state index contributed by atoms with van der Waals surface area (Å²) < 4.78 is 35.2. The second kappa shape index (κ2) is 17.3. The Balaban J connectivity index is 0.743. The minimum Gasteiger partial charge on any atom is -0.389 e. The van der Waals surface area contributed by atoms with Gasteiger partial charge in [0.25, 0.3) is 5.91 Å². The number of hydrogen-bond acceptors (Lipinski definition) is 12. The van der Waals surface area contributed by atoms with E-state index in [1.807, 2.05) is 33.7 Å². The largest absolute Gasteiger partial charge is 0.389 e. The van der Waals surface area contributed by atoms with Crippen LogP contribution in [0.4, 0.5) is 31.0 Å². The van der Waals surface area contributed by atoms with Crippen LogP contribution in [0, 0.1) is 11.6 Å². The van der Waals surface area contributed by atoms with Gasteiger partial charge in [0.05, 0.1) is 29.7 Å². The van der Waals surface area contributed by atoms with E-state index >= 15 is 8.78 Å². The molecule has 4 aliphatic rings. The zero-order chi connectivity index (χ0) is 44.8. The molecule has 0 radical (unpaired) electrons. The molecular weight excluding hydrogens is 857 g/mol. The number of aliphatic hydroxyl groups is 1. The van der Waals surface area contributed by atoms with Gasteiger partial charge in [0.2, 0.25) is 17.7 Å². The number of imide groups is 1. The van der Waals surface area contributed by atoms with Gasteiger partial charge in [-0.15, -0.1) is 11.3 Å². The number of aryl methyl sites for hydroxylation is 1. The second-order valence-corrected chi connectivity index (χ2v) is 18.1. The molecule has 65 heavy (non-hydrogen) atoms. The molecule has 3 saturated heterocycles. The van der Waals surface area contributed by atoms with Crippen molar-refractivity contribution >= 4 is 68.1 Å². The van der Waals surface area contributed by atoms with Crippen molar-refractivity contribution in [2.45, 2.75) is 69.2 Å². The summed E-state index contributed by atoms with van der Waals surface area (Å²) in [5, 5.41) is 27.1. The molecule has 10 rings (SSSR count). The van der Waals surface area contributed by atoms with Crippen molar-refractivity contribution < 1.29 is 33.1 Å². The minimum atomic E-state index is -1.21. The number of piperidine rings is 2. The Morgan fingerprint density at radius 3 is 2.48 bits per heavy atom. The summed E-state index contributed by atoms with van der Waals surface area (Å²) in [6.45, 7) is 3.68. The Morgan fingerprint density at radius 2 is 1.74 bits per heavy atom. The number of halogens is 2. The Kier molecular flexibility index (Phi) is 11.3. The summed E-state index contributed by atoms with van der Waals surface area (Å²) in [7, 11) is 0. The van der Waals surface area contributed by atoms with Crippen molar-refractivity contribution in [1.82, 2.24) is 34.5 Å². The average molecular weight is 904 g/mol. The summed E-state index contributed by atoms with van der Waals surface area (Å²) in [4.78, 5) is 65.5. The molecule has 2 atom stereocenters. The number of benzene rings is 3. The first-order valence-corrected chi connectivity index (χ1v) is 22.8. The smallest absolute Gasteiger partial charge is 0.257 e. The lowest BCUT2D eigenvalue weighted by Crippen LogP contribution is -2.52. The van der Waals surface area contributed by atoms with Gasteiger partial charge in [0.15, 0.2) is 17.0 Å². The third kappa shape index (κ3) is 8.52. The van der Waals surface area contributed by atoms with Gasteiger partial charge in [-0.3, -0.25) is 34.5 Å². The maximum atomic E-state index is 16.4. The van der Waals surface area contributed by atoms with Crippen LogP contribution in [-0.2, 0) is 32.1 Å². The van der Waals surface area contributed by atoms with Gasteiger partial charge >= 0.3 is 0 Å². The lowest BCUT2D eigenvalue weighted by molar-refractivity contribution is -0.138. The molecule has 3 aromatic carbocycles. The lowest BCUT2D eigenvalue weighted by atomic mass is 9.87. The van der Waals surface area contributed by atoms with Crippen LogP contribution < -0.4 is 25.8 Å². The molecular formula is C46H47F2N11O5S. The normalized spacial score (nSPS) is 19.0. The predicted octanol–water partition coefficient (Wildman–Crippen LogP) is 5.10. The highest BCUT2D eigenvalue weighted by Crippen LogP contribution is 2.35. The number of carbonyl (C=O) groups excluding carboxylic acids is 4. The van der Waals surface area contributed by atoms with Crippen molar-refractivity contribution in [3.8, 4) is 11.1 Å². The SMILES string of the molecule is O=C1CC[C@H](Nc2ccc(N3CCC(O)(CC(=O)N4CCN(c5ccc(-c6ccc7cn(C(C(=O)Nc8nccs8)c8ncn9c8CCC9)nc7c6F)cc5)CC4)CC3)c(F)c2)C(=O)N1. The monoisotopic (exact) mass is 903 g/mol. The molecule has 7 heterocycles. The molecule has 4 aliphatic heterocycles. The molecule has 0 bridgehead atoms. The number of hydrogen-bond donors (Lipinski definition) is 4. The van der Waals surface area contributed by atoms with E-state index in [4.69, 9.17) is 0 Å². The van der Waals surface area contributed by atoms with Crippen LogP contribution in [0.2, 0.25) is 0 Å². The van der Waals surface area contributed by atoms with E-state index in [1.165, 1.54) is 22.1 Å². The van der Waals surface area contributed by atoms with Gasteiger partial charge in [-0.25, -0.2) is 18.7 Å². The van der Waals surface area contributed by atoms with Crippen molar-refractivity contribution in [2.24, 2.45) is 0 Å². The number of thiazole rings is 1. The van der Waals surface area contributed by atoms with Crippen molar-refractivity contribution in [3.63, 3.8) is 0 Å². The zero-order valence-corrected chi connectivity index (χ0v) is 36.2. The minimum absolute atomic E-state index is 0.0209. The number of nitrogens with one attached hydrogen (secondary N) is 3. The van der Waals surface area contributed by atoms with Crippen LogP contribution >= 0.6 is 11.3 Å². The number of anilines is 4. The van der Waals surface area contributed by atoms with Gasteiger partial charge in [-0.05, 0) is 68.0 Å². The van der Waals surface area contributed by atoms with Crippen LogP contribution in [0.5, 0.6) is 0 Å². The molecule has 6 aromatic rings. The van der Waals surface area contributed by atoms with E-state index in [-0.39, 0.29) is 36.1 Å². The summed E-state index contributed by atoms with van der Waals surface area (Å²) >= 11 is 1.31. The van der Waals surface area contributed by atoms with Crippen LogP contribution in [-0.4, -0.2) is 109 Å². The third-order valence-corrected chi connectivity index (χ3v) is 13.8. The molecule has 0 aliphatic carbocycles. The number of imidazole rings is 1. The standard InChI is InChI=1S/C46H47F2N11O5S/c47-33-24-30(51-34-10-12-37(60)52-43(34)62)6-11-35(33)56-17-13-46(64,14-18-56)25-38(61)57-21-19-55(20-22-57)31-7-3-28(4-8-31)32-9-5-29-26-59(54-40(29)39(32)48)42(44(63)53-45-49-15-23-65-45)41-36-2-1-16-58(36)27-50-41/h3-9,11,15,23-24,26-27,34,42,51,64H,1-2,10,12-14,16-22,25H2,(H,49,53,63)(H,52,60,62)/t34-,42?/m0/s1. The number of aromatic nitrogens is 5. The summed E-state index contributed by atoms with van der Waals surface area (Å²) in [5.74, 6) is -2.21. The Bertz CT molecular complexity index is 2780. The maximum absolute atomic E-state index is 16.4. The highest BCUT2D eigenvalue weighted by atomic mass is 32.1. The zero-order valence-electron chi connectivity index (χ0n) is 35.4. The molecule has 3 fully saturated rings. The van der Waals surface area contributed by atoms with Crippen LogP contribution in [0.25, 0.3) is 22.0 Å². The van der Waals surface area contributed by atoms with Gasteiger partial charge in [-0.2, -0.15) is 5.10 Å². The molecule has 0 saturated carbocycles. The molecule has 3 aromatic heterocycles. The summed E-state index contributed by atoms with van der Waals surface area (Å²) in [6, 6.07) is 14.3. The highest BCUT2D eigenvalue weighted by molar-refractivity contribution is 7.13. The van der Waals surface area contributed by atoms with E-state index in [0.717, 1.165) is 30.8 Å². The Labute approximate surface area is 376 Å². The quantitative estimate of drug-likeness (QED) is 0.127. The fraction of sp³-hybridized carbons (Fsp3) is 0.370. The third-order valence-electron chi connectivity index (χ3n) is 13.1. The fourth-order valence-corrected chi connectivity index (χ4v) is 10.0. The molecule has 336 valence electrons. The number of fused-ring (bicyclic) bond motifs is 2. The first-order chi connectivity index (χ1) is 31.5. The lowest BCUT2D eigenvalue weighted by Gasteiger charge is -2.41. The molecule has 1 unspecified atom stereocenters. The number of amides is 4. The second-order valence-electron chi connectivity index (χ2n) is 17.2. The molecule has 19 heteroatoms. The number of nitrogens with zero attached hydrogens (tertiary/aromatic N) is 8. The van der Waals surface area contributed by atoms with Crippen molar-refractivity contribution in [1.29, 1.82) is 0 Å². The average Bonchev–Trinajstić information content (AvgIpc) is 4.14. The topological polar surface area (TPSA) is 183 Å². The Hall–Kier alpha value is -6.73. The van der Waals surface area contributed by atoms with E-state index < -0.39 is 35.2 Å². The van der Waals surface area contributed by atoms with E-state index in [1.54, 1.807) is 53.3 Å². The van der Waals surface area contributed by atoms with Crippen molar-refractivity contribution in [2.75, 3.05) is 59.7 Å². The summed E-state index contributed by atoms with van der Waals surface area (Å²) in [6.07, 6.45) is 7.90. The van der Waals surface area contributed by atoms with Gasteiger partial charge in [-0.1, -0.05) is 24.3 Å². The highest BCUT2D eigenvalue weighted by Gasteiger charge is 2.38. The van der Waals surface area contributed by atoms with Gasteiger partial charge < -0.3 is 29.7 Å². The molecule has 16 nitrogen and oxygen atoms in total. The molecule has 4 amide bonds. The first kappa shape index (κ1) is 42.2. The number of rotatable bonds is 11. The summed E-state index contributed by atoms with van der Waals surface area (Å²) in [5.41, 5.74) is 3.28. The van der Waals surface area contributed by atoms with Crippen molar-refractivity contribution in [3.05, 3.63) is 102 Å². The van der Waals surface area contributed by atoms with E-state index in [0.29, 0.717) is 97.2 Å². The van der Waals surface area contributed by atoms with Crippen LogP contribution in [0.3, 0.4) is 0 Å². The Morgan fingerprint density at radius 1 is 0.938 bits per heavy atom. The maximum Gasteiger partial charge on any atom is 0.257 e. The van der Waals surface area contributed by atoms with Crippen LogP contribution in [0.1, 0.15) is 56.0 Å². The van der Waals surface area contributed by atoms with Gasteiger partial charge in [0, 0.05) is 98.0 Å². The van der Waals surface area contributed by atoms with E-state index in [2.05, 4.69) is 35.9 Å².